The Morgan fingerprint density at radius 1 is 0.783 bits per heavy atom. The first-order valence-corrected chi connectivity index (χ1v) is 9.27. The van der Waals surface area contributed by atoms with Crippen molar-refractivity contribution >= 4 is 11.9 Å². The number of unbranched alkanes of at least 4 members (excludes halogenated alkanes) is 9. The third kappa shape index (κ3) is 18.9. The summed E-state index contributed by atoms with van der Waals surface area (Å²) in [5, 5.41) is 2.79. The van der Waals surface area contributed by atoms with Gasteiger partial charge >= 0.3 is 6.09 Å². The largest absolute Gasteiger partial charge is 0.444 e. The van der Waals surface area contributed by atoms with E-state index in [1.165, 1.54) is 44.9 Å². The number of ketones is 1. The normalized spacial score (nSPS) is 11.3. The molecule has 0 aromatic heterocycles. The van der Waals surface area contributed by atoms with E-state index in [1.807, 2.05) is 20.8 Å². The number of Topliss-reactive ketones (excluding diaryl/α,β-unsaturated/α-hetero) is 1. The zero-order valence-corrected chi connectivity index (χ0v) is 15.7. The zero-order valence-electron chi connectivity index (χ0n) is 15.7. The van der Waals surface area contributed by atoms with Crippen molar-refractivity contribution in [3.05, 3.63) is 0 Å². The second-order valence-corrected chi connectivity index (χ2v) is 7.42. The summed E-state index contributed by atoms with van der Waals surface area (Å²) in [6.07, 6.45) is 12.5. The molecule has 0 bridgehead atoms. The second kappa shape index (κ2) is 13.4. The quantitative estimate of drug-likeness (QED) is 0.461. The molecule has 0 aliphatic carbocycles. The molecule has 4 heteroatoms. The lowest BCUT2D eigenvalue weighted by molar-refractivity contribution is -0.117. The molecule has 0 fully saturated rings. The van der Waals surface area contributed by atoms with Crippen LogP contribution in [0.1, 0.15) is 98.3 Å². The Hall–Kier alpha value is -1.06. The summed E-state index contributed by atoms with van der Waals surface area (Å²) >= 11 is 0. The van der Waals surface area contributed by atoms with Gasteiger partial charge in [0, 0.05) is 13.0 Å². The van der Waals surface area contributed by atoms with E-state index in [2.05, 4.69) is 5.32 Å². The highest BCUT2D eigenvalue weighted by Crippen LogP contribution is 2.11. The molecule has 136 valence electrons. The van der Waals surface area contributed by atoms with Crippen LogP contribution in [-0.4, -0.2) is 24.0 Å². The first kappa shape index (κ1) is 21.9. The third-order valence-electron chi connectivity index (χ3n) is 3.62. The SMILES string of the molecule is CC(=O)CCCCCCCCCCCCNC(=O)OC(C)(C)C. The van der Waals surface area contributed by atoms with Crippen LogP contribution >= 0.6 is 0 Å². The van der Waals surface area contributed by atoms with Gasteiger partial charge in [-0.25, -0.2) is 4.79 Å². The van der Waals surface area contributed by atoms with E-state index in [9.17, 15) is 9.59 Å². The smallest absolute Gasteiger partial charge is 0.407 e. The highest BCUT2D eigenvalue weighted by molar-refractivity contribution is 5.75. The summed E-state index contributed by atoms with van der Waals surface area (Å²) in [5.41, 5.74) is -0.420. The first-order valence-electron chi connectivity index (χ1n) is 9.27. The molecular weight excluding hydrogens is 290 g/mol. The van der Waals surface area contributed by atoms with Crippen LogP contribution in [0.4, 0.5) is 4.79 Å². The summed E-state index contributed by atoms with van der Waals surface area (Å²) in [6, 6.07) is 0. The van der Waals surface area contributed by atoms with E-state index in [0.717, 1.165) is 25.7 Å². The second-order valence-electron chi connectivity index (χ2n) is 7.42. The maximum absolute atomic E-state index is 11.4. The van der Waals surface area contributed by atoms with Crippen LogP contribution in [-0.2, 0) is 9.53 Å². The zero-order chi connectivity index (χ0) is 17.6. The summed E-state index contributed by atoms with van der Waals surface area (Å²) in [6.45, 7) is 7.98. The lowest BCUT2D eigenvalue weighted by atomic mass is 10.1. The number of hydrogen-bond acceptors (Lipinski definition) is 3. The average molecular weight is 328 g/mol. The Morgan fingerprint density at radius 3 is 1.65 bits per heavy atom. The van der Waals surface area contributed by atoms with Gasteiger partial charge in [0.1, 0.15) is 11.4 Å². The molecule has 0 heterocycles. The number of hydrogen-bond donors (Lipinski definition) is 1. The minimum atomic E-state index is -0.420. The number of amides is 1. The number of nitrogens with one attached hydrogen (secondary N) is 1. The minimum Gasteiger partial charge on any atom is -0.444 e. The van der Waals surface area contributed by atoms with Crippen molar-refractivity contribution < 1.29 is 14.3 Å². The van der Waals surface area contributed by atoms with E-state index < -0.39 is 5.60 Å². The van der Waals surface area contributed by atoms with Crippen LogP contribution in [0.25, 0.3) is 0 Å². The van der Waals surface area contributed by atoms with Gasteiger partial charge in [0.25, 0.3) is 0 Å². The average Bonchev–Trinajstić information content (AvgIpc) is 2.41. The fraction of sp³-hybridized carbons (Fsp3) is 0.895. The van der Waals surface area contributed by atoms with Crippen LogP contribution in [0.15, 0.2) is 0 Å². The fourth-order valence-corrected chi connectivity index (χ4v) is 2.42. The predicted molar refractivity (Wildman–Crippen MR) is 95.7 cm³/mol. The minimum absolute atomic E-state index is 0.311. The van der Waals surface area contributed by atoms with Crippen LogP contribution < -0.4 is 5.32 Å². The Morgan fingerprint density at radius 2 is 1.22 bits per heavy atom. The molecule has 0 unspecified atom stereocenters. The molecule has 1 amide bonds. The predicted octanol–water partition coefficient (Wildman–Crippen LogP) is 5.39. The van der Waals surface area contributed by atoms with Crippen molar-refractivity contribution in [1.82, 2.24) is 5.32 Å². The Kier molecular flexibility index (Phi) is 12.8. The fourth-order valence-electron chi connectivity index (χ4n) is 2.42. The number of carbonyl (C=O) groups is 2. The molecule has 0 aliphatic rings. The van der Waals surface area contributed by atoms with E-state index in [-0.39, 0.29) is 6.09 Å². The van der Waals surface area contributed by atoms with Crippen LogP contribution in [0.3, 0.4) is 0 Å². The molecule has 0 spiro atoms. The van der Waals surface area contributed by atoms with Crippen LogP contribution in [0.2, 0.25) is 0 Å². The molecule has 0 aromatic rings. The topological polar surface area (TPSA) is 55.4 Å². The third-order valence-corrected chi connectivity index (χ3v) is 3.62. The lowest BCUT2D eigenvalue weighted by Gasteiger charge is -2.19. The van der Waals surface area contributed by atoms with E-state index >= 15 is 0 Å². The summed E-state index contributed by atoms with van der Waals surface area (Å²) in [7, 11) is 0. The molecule has 0 saturated heterocycles. The Labute approximate surface area is 142 Å². The van der Waals surface area contributed by atoms with Gasteiger partial charge < -0.3 is 14.8 Å². The van der Waals surface area contributed by atoms with Gasteiger partial charge in [-0.1, -0.05) is 51.4 Å². The molecule has 0 saturated carbocycles. The standard InChI is InChI=1S/C19H37NO3/c1-17(21)15-13-11-9-7-5-6-8-10-12-14-16-20-18(22)23-19(2,3)4/h5-16H2,1-4H3,(H,20,22). The molecule has 0 aromatic carbocycles. The molecule has 0 rings (SSSR count). The molecule has 0 aliphatic heterocycles. The van der Waals surface area contributed by atoms with Gasteiger partial charge in [-0.2, -0.15) is 0 Å². The number of carbonyl (C=O) groups excluding carboxylic acids is 2. The van der Waals surface area contributed by atoms with Crippen LogP contribution in [0, 0.1) is 0 Å². The van der Waals surface area contributed by atoms with Gasteiger partial charge in [0.15, 0.2) is 0 Å². The van der Waals surface area contributed by atoms with Gasteiger partial charge in [-0.3, -0.25) is 0 Å². The summed E-state index contributed by atoms with van der Waals surface area (Å²) in [4.78, 5) is 22.2. The molecule has 4 nitrogen and oxygen atoms in total. The van der Waals surface area contributed by atoms with Crippen LogP contribution in [0.5, 0.6) is 0 Å². The Balaban J connectivity index is 3.19. The van der Waals surface area contributed by atoms with Gasteiger partial charge in [0.05, 0.1) is 0 Å². The summed E-state index contributed by atoms with van der Waals surface area (Å²) in [5.74, 6) is 0.311. The van der Waals surface area contributed by atoms with Gasteiger partial charge in [0.2, 0.25) is 0 Å². The summed E-state index contributed by atoms with van der Waals surface area (Å²) < 4.78 is 5.18. The van der Waals surface area contributed by atoms with Crippen molar-refractivity contribution in [2.24, 2.45) is 0 Å². The first-order chi connectivity index (χ1) is 10.8. The molecule has 1 N–H and O–H groups in total. The molecular formula is C19H37NO3. The van der Waals surface area contributed by atoms with Crippen molar-refractivity contribution in [2.45, 2.75) is 104 Å². The number of rotatable bonds is 13. The van der Waals surface area contributed by atoms with Crippen molar-refractivity contribution in [3.63, 3.8) is 0 Å². The van der Waals surface area contributed by atoms with E-state index in [4.69, 9.17) is 4.74 Å². The van der Waals surface area contributed by atoms with Crippen molar-refractivity contribution in [1.29, 1.82) is 0 Å². The lowest BCUT2D eigenvalue weighted by Crippen LogP contribution is -2.32. The molecule has 0 atom stereocenters. The maximum Gasteiger partial charge on any atom is 0.407 e. The monoisotopic (exact) mass is 327 g/mol. The number of alkyl carbamates (subject to hydrolysis) is 1. The van der Waals surface area contributed by atoms with Gasteiger partial charge in [-0.05, 0) is 40.5 Å². The van der Waals surface area contributed by atoms with E-state index in [0.29, 0.717) is 12.3 Å². The highest BCUT2D eigenvalue weighted by Gasteiger charge is 2.15. The highest BCUT2D eigenvalue weighted by atomic mass is 16.6. The maximum atomic E-state index is 11.4. The van der Waals surface area contributed by atoms with Crippen molar-refractivity contribution in [3.8, 4) is 0 Å². The van der Waals surface area contributed by atoms with Gasteiger partial charge in [-0.15, -0.1) is 0 Å². The van der Waals surface area contributed by atoms with E-state index in [1.54, 1.807) is 6.92 Å². The van der Waals surface area contributed by atoms with Crippen molar-refractivity contribution in [2.75, 3.05) is 6.54 Å². The molecule has 23 heavy (non-hydrogen) atoms. The number of ether oxygens (including phenoxy) is 1. The Bertz CT molecular complexity index is 321. The molecule has 0 radical (unpaired) electrons.